The number of rotatable bonds is 6. The van der Waals surface area contributed by atoms with Crippen LogP contribution in [-0.2, 0) is 0 Å². The molecule has 0 amide bonds. The van der Waals surface area contributed by atoms with Crippen LogP contribution >= 0.6 is 15.9 Å². The molecule has 0 saturated heterocycles. The maximum absolute atomic E-state index is 9.00. The van der Waals surface area contributed by atoms with Crippen molar-refractivity contribution in [2.75, 3.05) is 11.9 Å². The van der Waals surface area contributed by atoms with E-state index in [0.29, 0.717) is 12.0 Å². The van der Waals surface area contributed by atoms with Crippen LogP contribution in [0, 0.1) is 5.41 Å². The van der Waals surface area contributed by atoms with Crippen LogP contribution in [0.15, 0.2) is 0 Å². The summed E-state index contributed by atoms with van der Waals surface area (Å²) in [7, 11) is 0. The third-order valence-electron chi connectivity index (χ3n) is 2.63. The third kappa shape index (κ3) is 3.12. The van der Waals surface area contributed by atoms with Crippen LogP contribution in [0.5, 0.6) is 0 Å². The SMILES string of the molecule is OCC1(CCCCCBr)CC1. The van der Waals surface area contributed by atoms with Crippen molar-refractivity contribution in [2.45, 2.75) is 38.5 Å². The van der Waals surface area contributed by atoms with Gasteiger partial charge < -0.3 is 5.11 Å². The molecule has 0 atom stereocenters. The van der Waals surface area contributed by atoms with E-state index in [1.807, 2.05) is 0 Å². The highest BCUT2D eigenvalue weighted by atomic mass is 79.9. The highest BCUT2D eigenvalue weighted by Gasteiger charge is 2.40. The molecular formula is C9H17BrO. The second-order valence-corrected chi connectivity index (χ2v) is 4.45. The Kier molecular flexibility index (Phi) is 3.86. The first kappa shape index (κ1) is 9.53. The van der Waals surface area contributed by atoms with Crippen LogP contribution < -0.4 is 0 Å². The predicted octanol–water partition coefficient (Wildman–Crippen LogP) is 2.71. The van der Waals surface area contributed by atoms with Crippen molar-refractivity contribution in [1.82, 2.24) is 0 Å². The molecule has 1 aliphatic rings. The van der Waals surface area contributed by atoms with E-state index in [2.05, 4.69) is 15.9 Å². The molecule has 11 heavy (non-hydrogen) atoms. The minimum Gasteiger partial charge on any atom is -0.396 e. The molecule has 0 spiro atoms. The molecule has 2 heteroatoms. The van der Waals surface area contributed by atoms with Gasteiger partial charge in [-0.05, 0) is 31.1 Å². The monoisotopic (exact) mass is 220 g/mol. The molecule has 0 unspecified atom stereocenters. The van der Waals surface area contributed by atoms with Crippen LogP contribution in [0.1, 0.15) is 38.5 Å². The molecule has 1 fully saturated rings. The molecule has 1 rings (SSSR count). The number of unbranched alkanes of at least 4 members (excludes halogenated alkanes) is 2. The predicted molar refractivity (Wildman–Crippen MR) is 51.0 cm³/mol. The molecule has 0 heterocycles. The molecule has 66 valence electrons. The van der Waals surface area contributed by atoms with Gasteiger partial charge in [0, 0.05) is 11.9 Å². The van der Waals surface area contributed by atoms with Gasteiger partial charge in [-0.15, -0.1) is 0 Å². The molecule has 0 aliphatic heterocycles. The maximum atomic E-state index is 9.00. The van der Waals surface area contributed by atoms with Crippen LogP contribution in [0.2, 0.25) is 0 Å². The summed E-state index contributed by atoms with van der Waals surface area (Å²) in [6, 6.07) is 0. The zero-order valence-electron chi connectivity index (χ0n) is 6.98. The zero-order chi connectivity index (χ0) is 8.16. The number of hydrogen-bond acceptors (Lipinski definition) is 1. The Morgan fingerprint density at radius 2 is 1.91 bits per heavy atom. The molecule has 1 aliphatic carbocycles. The van der Waals surface area contributed by atoms with E-state index in [9.17, 15) is 0 Å². The minimum atomic E-state index is 0.381. The smallest absolute Gasteiger partial charge is 0.0487 e. The number of alkyl halides is 1. The Bertz CT molecular complexity index is 110. The first-order valence-electron chi connectivity index (χ1n) is 4.50. The summed E-state index contributed by atoms with van der Waals surface area (Å²) in [5.41, 5.74) is 0.381. The summed E-state index contributed by atoms with van der Waals surface area (Å²) < 4.78 is 0. The summed E-state index contributed by atoms with van der Waals surface area (Å²) in [6.07, 6.45) is 7.66. The first-order chi connectivity index (χ1) is 5.33. The van der Waals surface area contributed by atoms with Gasteiger partial charge in [-0.25, -0.2) is 0 Å². The van der Waals surface area contributed by atoms with Crippen molar-refractivity contribution in [3.8, 4) is 0 Å². The second-order valence-electron chi connectivity index (χ2n) is 3.66. The van der Waals surface area contributed by atoms with Gasteiger partial charge in [0.25, 0.3) is 0 Å². The van der Waals surface area contributed by atoms with Gasteiger partial charge in [0.2, 0.25) is 0 Å². The molecule has 1 N–H and O–H groups in total. The lowest BCUT2D eigenvalue weighted by molar-refractivity contribution is 0.200. The number of aliphatic hydroxyl groups is 1. The number of halogens is 1. The van der Waals surface area contributed by atoms with E-state index < -0.39 is 0 Å². The lowest BCUT2D eigenvalue weighted by atomic mass is 10.00. The van der Waals surface area contributed by atoms with Crippen LogP contribution in [0.25, 0.3) is 0 Å². The van der Waals surface area contributed by atoms with Gasteiger partial charge in [-0.2, -0.15) is 0 Å². The third-order valence-corrected chi connectivity index (χ3v) is 3.19. The average Bonchev–Trinajstić information content (AvgIpc) is 2.80. The largest absolute Gasteiger partial charge is 0.396 e. The summed E-state index contributed by atoms with van der Waals surface area (Å²) in [5.74, 6) is 0. The van der Waals surface area contributed by atoms with Crippen LogP contribution in [0.3, 0.4) is 0 Å². The van der Waals surface area contributed by atoms with Gasteiger partial charge in [0.1, 0.15) is 0 Å². The quantitative estimate of drug-likeness (QED) is 0.540. The Labute approximate surface area is 77.3 Å². The second kappa shape index (κ2) is 4.46. The molecule has 1 saturated carbocycles. The van der Waals surface area contributed by atoms with Gasteiger partial charge in [0.05, 0.1) is 0 Å². The first-order valence-corrected chi connectivity index (χ1v) is 5.62. The van der Waals surface area contributed by atoms with Crippen molar-refractivity contribution >= 4 is 15.9 Å². The van der Waals surface area contributed by atoms with Gasteiger partial charge in [0.15, 0.2) is 0 Å². The Morgan fingerprint density at radius 3 is 2.36 bits per heavy atom. The van der Waals surface area contributed by atoms with Crippen molar-refractivity contribution in [3.63, 3.8) is 0 Å². The maximum Gasteiger partial charge on any atom is 0.0487 e. The fourth-order valence-corrected chi connectivity index (χ4v) is 1.83. The van der Waals surface area contributed by atoms with E-state index >= 15 is 0 Å². The minimum absolute atomic E-state index is 0.381. The van der Waals surface area contributed by atoms with E-state index in [1.54, 1.807) is 0 Å². The lowest BCUT2D eigenvalue weighted by Gasteiger charge is -2.09. The molecule has 0 radical (unpaired) electrons. The number of hydrogen-bond donors (Lipinski definition) is 1. The van der Waals surface area contributed by atoms with Gasteiger partial charge in [-0.3, -0.25) is 0 Å². The molecule has 0 aromatic carbocycles. The van der Waals surface area contributed by atoms with E-state index in [0.717, 1.165) is 5.33 Å². The standard InChI is InChI=1S/C9H17BrO/c10-7-3-1-2-4-9(8-11)5-6-9/h11H,1-8H2. The van der Waals surface area contributed by atoms with Crippen molar-refractivity contribution in [2.24, 2.45) is 5.41 Å². The number of aliphatic hydroxyl groups excluding tert-OH is 1. The lowest BCUT2D eigenvalue weighted by Crippen LogP contribution is -2.05. The van der Waals surface area contributed by atoms with Gasteiger partial charge >= 0.3 is 0 Å². The van der Waals surface area contributed by atoms with E-state index in [1.165, 1.54) is 38.5 Å². The Morgan fingerprint density at radius 1 is 1.18 bits per heavy atom. The molecular weight excluding hydrogens is 204 g/mol. The highest BCUT2D eigenvalue weighted by Crippen LogP contribution is 2.49. The van der Waals surface area contributed by atoms with Crippen molar-refractivity contribution in [3.05, 3.63) is 0 Å². The van der Waals surface area contributed by atoms with Crippen molar-refractivity contribution in [1.29, 1.82) is 0 Å². The summed E-state index contributed by atoms with van der Waals surface area (Å²) in [4.78, 5) is 0. The van der Waals surface area contributed by atoms with Crippen LogP contribution in [-0.4, -0.2) is 17.0 Å². The normalized spacial score (nSPS) is 20.2. The molecule has 1 nitrogen and oxygen atoms in total. The Balaban J connectivity index is 1.94. The van der Waals surface area contributed by atoms with Gasteiger partial charge in [-0.1, -0.05) is 28.8 Å². The fraction of sp³-hybridized carbons (Fsp3) is 1.00. The topological polar surface area (TPSA) is 20.2 Å². The fourth-order valence-electron chi connectivity index (χ4n) is 1.44. The summed E-state index contributed by atoms with van der Waals surface area (Å²) in [6.45, 7) is 0.418. The molecule has 0 aromatic rings. The summed E-state index contributed by atoms with van der Waals surface area (Å²) in [5, 5.41) is 10.1. The molecule has 0 aromatic heterocycles. The zero-order valence-corrected chi connectivity index (χ0v) is 8.57. The highest BCUT2D eigenvalue weighted by molar-refractivity contribution is 9.09. The Hall–Kier alpha value is 0.440. The van der Waals surface area contributed by atoms with Crippen LogP contribution in [0.4, 0.5) is 0 Å². The summed E-state index contributed by atoms with van der Waals surface area (Å²) >= 11 is 3.41. The average molecular weight is 221 g/mol. The molecule has 0 bridgehead atoms. The van der Waals surface area contributed by atoms with E-state index in [-0.39, 0.29) is 0 Å². The van der Waals surface area contributed by atoms with E-state index in [4.69, 9.17) is 5.11 Å². The van der Waals surface area contributed by atoms with Crippen molar-refractivity contribution < 1.29 is 5.11 Å².